The third kappa shape index (κ3) is 5.17. The highest BCUT2D eigenvalue weighted by Gasteiger charge is 2.21. The first kappa shape index (κ1) is 15.5. The molecule has 1 fully saturated rings. The van der Waals surface area contributed by atoms with E-state index in [0.717, 1.165) is 25.8 Å². The van der Waals surface area contributed by atoms with E-state index >= 15 is 0 Å². The predicted molar refractivity (Wildman–Crippen MR) is 80.1 cm³/mol. The molecular formula is C15H22N4O2. The molecule has 21 heavy (non-hydrogen) atoms. The van der Waals surface area contributed by atoms with Crippen molar-refractivity contribution in [2.24, 2.45) is 0 Å². The van der Waals surface area contributed by atoms with E-state index in [4.69, 9.17) is 0 Å². The molecule has 2 amide bonds. The van der Waals surface area contributed by atoms with Crippen LogP contribution in [0, 0.1) is 0 Å². The van der Waals surface area contributed by atoms with Crippen LogP contribution in [0.25, 0.3) is 0 Å². The predicted octanol–water partition coefficient (Wildman–Crippen LogP) is 0.0641. The average Bonchev–Trinajstić information content (AvgIpc) is 2.99. The molecule has 0 aliphatic carbocycles. The molecule has 2 rings (SSSR count). The molecule has 2 atom stereocenters. The van der Waals surface area contributed by atoms with Crippen LogP contribution in [-0.4, -0.2) is 30.6 Å². The van der Waals surface area contributed by atoms with Gasteiger partial charge < -0.3 is 10.6 Å². The van der Waals surface area contributed by atoms with E-state index < -0.39 is 11.8 Å². The number of carbonyl (C=O) groups is 2. The van der Waals surface area contributed by atoms with Crippen LogP contribution in [0.1, 0.15) is 25.3 Å². The summed E-state index contributed by atoms with van der Waals surface area (Å²) >= 11 is 0. The van der Waals surface area contributed by atoms with Gasteiger partial charge in [-0.1, -0.05) is 30.3 Å². The monoisotopic (exact) mass is 290 g/mol. The molecule has 0 radical (unpaired) electrons. The molecule has 1 heterocycles. The van der Waals surface area contributed by atoms with E-state index in [1.165, 1.54) is 5.56 Å². The SMILES string of the molecule is CC(CCc1ccccc1)NC(=O)C(=O)NC1CCNN1. The normalized spacial score (nSPS) is 19.0. The molecule has 0 aromatic heterocycles. The van der Waals surface area contributed by atoms with Gasteiger partial charge in [0.15, 0.2) is 0 Å². The van der Waals surface area contributed by atoms with E-state index in [1.807, 2.05) is 25.1 Å². The van der Waals surface area contributed by atoms with Gasteiger partial charge in [-0.05, 0) is 31.7 Å². The second kappa shape index (κ2) is 7.75. The Morgan fingerprint density at radius 3 is 2.71 bits per heavy atom. The zero-order valence-electron chi connectivity index (χ0n) is 12.2. The van der Waals surface area contributed by atoms with Crippen LogP contribution in [0.15, 0.2) is 30.3 Å². The third-order valence-electron chi connectivity index (χ3n) is 3.43. The van der Waals surface area contributed by atoms with Crippen molar-refractivity contribution >= 4 is 11.8 Å². The summed E-state index contributed by atoms with van der Waals surface area (Å²) in [5.74, 6) is -1.17. The van der Waals surface area contributed by atoms with Gasteiger partial charge in [0.1, 0.15) is 0 Å². The maximum atomic E-state index is 11.8. The minimum Gasteiger partial charge on any atom is -0.345 e. The van der Waals surface area contributed by atoms with Gasteiger partial charge in [-0.2, -0.15) is 0 Å². The summed E-state index contributed by atoms with van der Waals surface area (Å²) in [7, 11) is 0. The molecule has 1 aliphatic heterocycles. The summed E-state index contributed by atoms with van der Waals surface area (Å²) in [6.07, 6.45) is 2.26. The Morgan fingerprint density at radius 1 is 1.29 bits per heavy atom. The van der Waals surface area contributed by atoms with E-state index in [2.05, 4.69) is 33.6 Å². The maximum Gasteiger partial charge on any atom is 0.310 e. The molecule has 0 spiro atoms. The van der Waals surface area contributed by atoms with E-state index in [0.29, 0.717) is 0 Å². The largest absolute Gasteiger partial charge is 0.345 e. The summed E-state index contributed by atoms with van der Waals surface area (Å²) in [6.45, 7) is 2.68. The lowest BCUT2D eigenvalue weighted by Gasteiger charge is -2.15. The van der Waals surface area contributed by atoms with Gasteiger partial charge in [-0.3, -0.25) is 15.0 Å². The lowest BCUT2D eigenvalue weighted by atomic mass is 10.1. The average molecular weight is 290 g/mol. The number of hydrazine groups is 1. The summed E-state index contributed by atoms with van der Waals surface area (Å²) in [4.78, 5) is 23.5. The topological polar surface area (TPSA) is 82.3 Å². The highest BCUT2D eigenvalue weighted by molar-refractivity contribution is 6.35. The second-order valence-corrected chi connectivity index (χ2v) is 5.28. The van der Waals surface area contributed by atoms with Gasteiger partial charge in [0.25, 0.3) is 0 Å². The summed E-state index contributed by atoms with van der Waals surface area (Å²) < 4.78 is 0. The van der Waals surface area contributed by atoms with E-state index in [9.17, 15) is 9.59 Å². The first-order valence-electron chi connectivity index (χ1n) is 7.29. The molecule has 114 valence electrons. The number of aryl methyl sites for hydroxylation is 1. The fourth-order valence-corrected chi connectivity index (χ4v) is 2.21. The Labute approximate surface area is 124 Å². The lowest BCUT2D eigenvalue weighted by molar-refractivity contribution is -0.140. The van der Waals surface area contributed by atoms with Gasteiger partial charge >= 0.3 is 11.8 Å². The zero-order chi connectivity index (χ0) is 15.1. The van der Waals surface area contributed by atoms with Crippen molar-refractivity contribution in [2.75, 3.05) is 6.54 Å². The van der Waals surface area contributed by atoms with Gasteiger partial charge in [-0.25, -0.2) is 5.43 Å². The number of amides is 2. The molecule has 6 nitrogen and oxygen atoms in total. The van der Waals surface area contributed by atoms with Gasteiger partial charge in [-0.15, -0.1) is 0 Å². The smallest absolute Gasteiger partial charge is 0.310 e. The Balaban J connectivity index is 1.69. The Bertz CT molecular complexity index is 472. The van der Waals surface area contributed by atoms with Crippen molar-refractivity contribution in [3.05, 3.63) is 35.9 Å². The van der Waals surface area contributed by atoms with Crippen LogP contribution in [0.3, 0.4) is 0 Å². The number of hydrogen-bond acceptors (Lipinski definition) is 4. The standard InChI is InChI=1S/C15H22N4O2/c1-11(7-8-12-5-3-2-4-6-12)17-14(20)15(21)18-13-9-10-16-19-13/h2-6,11,13,16,19H,7-10H2,1H3,(H,17,20)(H,18,21). The van der Waals surface area contributed by atoms with Crippen LogP contribution < -0.4 is 21.5 Å². The lowest BCUT2D eigenvalue weighted by Crippen LogP contribution is -2.50. The van der Waals surface area contributed by atoms with Crippen molar-refractivity contribution in [1.82, 2.24) is 21.5 Å². The van der Waals surface area contributed by atoms with Crippen molar-refractivity contribution < 1.29 is 9.59 Å². The second-order valence-electron chi connectivity index (χ2n) is 5.28. The van der Waals surface area contributed by atoms with Crippen LogP contribution in [-0.2, 0) is 16.0 Å². The molecule has 0 saturated carbocycles. The fraction of sp³-hybridized carbons (Fsp3) is 0.467. The molecule has 0 bridgehead atoms. The van der Waals surface area contributed by atoms with Crippen LogP contribution in [0.4, 0.5) is 0 Å². The Kier molecular flexibility index (Phi) is 5.71. The maximum absolute atomic E-state index is 11.8. The molecule has 1 aromatic carbocycles. The van der Waals surface area contributed by atoms with Crippen molar-refractivity contribution in [2.45, 2.75) is 38.4 Å². The van der Waals surface area contributed by atoms with Gasteiger partial charge in [0, 0.05) is 12.6 Å². The van der Waals surface area contributed by atoms with Crippen molar-refractivity contribution in [1.29, 1.82) is 0 Å². The van der Waals surface area contributed by atoms with E-state index in [1.54, 1.807) is 0 Å². The number of hydrogen-bond donors (Lipinski definition) is 4. The minimum absolute atomic E-state index is 0.0434. The van der Waals surface area contributed by atoms with Crippen LogP contribution in [0.5, 0.6) is 0 Å². The number of benzene rings is 1. The summed E-state index contributed by atoms with van der Waals surface area (Å²) in [5, 5.41) is 5.36. The third-order valence-corrected chi connectivity index (χ3v) is 3.43. The summed E-state index contributed by atoms with van der Waals surface area (Å²) in [6, 6.07) is 10.0. The molecule has 1 saturated heterocycles. The molecule has 4 N–H and O–H groups in total. The first-order valence-corrected chi connectivity index (χ1v) is 7.29. The molecular weight excluding hydrogens is 268 g/mol. The number of rotatable bonds is 5. The molecule has 2 unspecified atom stereocenters. The molecule has 6 heteroatoms. The van der Waals surface area contributed by atoms with Crippen LogP contribution in [0.2, 0.25) is 0 Å². The van der Waals surface area contributed by atoms with Gasteiger partial charge in [0.2, 0.25) is 0 Å². The Morgan fingerprint density at radius 2 is 2.05 bits per heavy atom. The number of nitrogens with one attached hydrogen (secondary N) is 4. The quantitative estimate of drug-likeness (QED) is 0.578. The molecule has 1 aromatic rings. The fourth-order valence-electron chi connectivity index (χ4n) is 2.21. The number of carbonyl (C=O) groups excluding carboxylic acids is 2. The van der Waals surface area contributed by atoms with Gasteiger partial charge in [0.05, 0.1) is 6.17 Å². The van der Waals surface area contributed by atoms with E-state index in [-0.39, 0.29) is 12.2 Å². The highest BCUT2D eigenvalue weighted by Crippen LogP contribution is 2.04. The van der Waals surface area contributed by atoms with Crippen LogP contribution >= 0.6 is 0 Å². The van der Waals surface area contributed by atoms with Crippen molar-refractivity contribution in [3.8, 4) is 0 Å². The molecule has 1 aliphatic rings. The summed E-state index contributed by atoms with van der Waals surface area (Å²) in [5.41, 5.74) is 7.01. The highest BCUT2D eigenvalue weighted by atomic mass is 16.2. The van der Waals surface area contributed by atoms with Crippen molar-refractivity contribution in [3.63, 3.8) is 0 Å². The first-order chi connectivity index (χ1) is 10.1. The Hall–Kier alpha value is -1.92. The zero-order valence-corrected chi connectivity index (χ0v) is 12.2. The minimum atomic E-state index is -0.595.